The maximum Gasteiger partial charge on any atom is 0.222 e. The van der Waals surface area contributed by atoms with Crippen LogP contribution in [0.25, 0.3) is 0 Å². The minimum absolute atomic E-state index is 0.317. The molecule has 76 valence electrons. The van der Waals surface area contributed by atoms with E-state index in [0.717, 1.165) is 45.2 Å². The molecule has 1 aliphatic rings. The van der Waals surface area contributed by atoms with E-state index in [0.29, 0.717) is 11.9 Å². The van der Waals surface area contributed by atoms with Crippen LogP contribution in [-0.4, -0.2) is 29.9 Å². The van der Waals surface area contributed by atoms with Crippen LogP contribution in [0, 0.1) is 0 Å². The summed E-state index contributed by atoms with van der Waals surface area (Å²) in [6.45, 7) is 3.97. The predicted octanol–water partition coefficient (Wildman–Crippen LogP) is 1.13. The van der Waals surface area contributed by atoms with Gasteiger partial charge in [0.1, 0.15) is 0 Å². The van der Waals surface area contributed by atoms with Gasteiger partial charge in [0.2, 0.25) is 5.91 Å². The second-order valence-corrected chi connectivity index (χ2v) is 3.79. The first kappa shape index (κ1) is 10.5. The van der Waals surface area contributed by atoms with Crippen LogP contribution in [0.15, 0.2) is 0 Å². The number of nitrogens with two attached hydrogens (primary N) is 1. The van der Waals surface area contributed by atoms with Gasteiger partial charge < -0.3 is 10.6 Å². The molecule has 0 aliphatic carbocycles. The van der Waals surface area contributed by atoms with Crippen LogP contribution in [0.4, 0.5) is 0 Å². The van der Waals surface area contributed by atoms with Crippen LogP contribution in [0.2, 0.25) is 0 Å². The minimum Gasteiger partial charge on any atom is -0.343 e. The molecule has 3 heteroatoms. The molecule has 1 saturated heterocycles. The number of rotatable bonds is 5. The molecule has 0 spiro atoms. The largest absolute Gasteiger partial charge is 0.343 e. The highest BCUT2D eigenvalue weighted by atomic mass is 16.2. The topological polar surface area (TPSA) is 46.3 Å². The molecule has 2 N–H and O–H groups in total. The molecule has 1 rings (SSSR count). The van der Waals surface area contributed by atoms with E-state index in [1.165, 1.54) is 0 Å². The summed E-state index contributed by atoms with van der Waals surface area (Å²) in [7, 11) is 0. The highest BCUT2D eigenvalue weighted by Crippen LogP contribution is 2.11. The number of hydrogen-bond acceptors (Lipinski definition) is 2. The van der Waals surface area contributed by atoms with Crippen molar-refractivity contribution in [2.24, 2.45) is 5.73 Å². The Hall–Kier alpha value is -0.570. The molecule has 0 aromatic rings. The van der Waals surface area contributed by atoms with Crippen molar-refractivity contribution in [3.05, 3.63) is 0 Å². The van der Waals surface area contributed by atoms with E-state index < -0.39 is 0 Å². The van der Waals surface area contributed by atoms with Gasteiger partial charge in [-0.15, -0.1) is 0 Å². The number of carbonyl (C=O) groups is 1. The Morgan fingerprint density at radius 2 is 2.38 bits per heavy atom. The summed E-state index contributed by atoms with van der Waals surface area (Å²) in [6.07, 6.45) is 4.92. The average Bonchev–Trinajstić information content (AvgIpc) is 2.52. The van der Waals surface area contributed by atoms with Crippen molar-refractivity contribution in [1.82, 2.24) is 4.90 Å². The van der Waals surface area contributed by atoms with Crippen LogP contribution in [0.1, 0.15) is 39.0 Å². The maximum absolute atomic E-state index is 11.2. The Bertz CT molecular complexity index is 170. The van der Waals surface area contributed by atoms with Gasteiger partial charge >= 0.3 is 0 Å². The summed E-state index contributed by atoms with van der Waals surface area (Å²) >= 11 is 0. The van der Waals surface area contributed by atoms with Crippen LogP contribution in [0.5, 0.6) is 0 Å². The normalized spacial score (nSPS) is 19.5. The molecule has 1 unspecified atom stereocenters. The summed E-state index contributed by atoms with van der Waals surface area (Å²) < 4.78 is 0. The summed E-state index contributed by atoms with van der Waals surface area (Å²) in [5.74, 6) is 0.324. The standard InChI is InChI=1S/C10H20N2O/c1-2-9(11)5-3-7-12-8-4-6-10(12)13/h9H,2-8,11H2,1H3. The van der Waals surface area contributed by atoms with Crippen LogP contribution < -0.4 is 5.73 Å². The number of carbonyl (C=O) groups excluding carboxylic acids is 1. The highest BCUT2D eigenvalue weighted by molar-refractivity contribution is 5.77. The van der Waals surface area contributed by atoms with Gasteiger partial charge in [-0.3, -0.25) is 4.79 Å². The van der Waals surface area contributed by atoms with E-state index >= 15 is 0 Å². The third-order valence-electron chi connectivity index (χ3n) is 2.70. The van der Waals surface area contributed by atoms with Crippen molar-refractivity contribution in [2.45, 2.75) is 45.1 Å². The van der Waals surface area contributed by atoms with Crippen molar-refractivity contribution >= 4 is 5.91 Å². The second kappa shape index (κ2) is 5.22. The van der Waals surface area contributed by atoms with Crippen molar-refractivity contribution in [1.29, 1.82) is 0 Å². The van der Waals surface area contributed by atoms with Crippen molar-refractivity contribution < 1.29 is 4.79 Å². The second-order valence-electron chi connectivity index (χ2n) is 3.79. The first-order valence-electron chi connectivity index (χ1n) is 5.27. The van der Waals surface area contributed by atoms with Gasteiger partial charge in [-0.2, -0.15) is 0 Å². The molecule has 1 heterocycles. The Kier molecular flexibility index (Phi) is 4.22. The molecule has 1 amide bonds. The SMILES string of the molecule is CCC(N)CCCN1CCCC1=O. The first-order valence-corrected chi connectivity index (χ1v) is 5.27. The quantitative estimate of drug-likeness (QED) is 0.696. The predicted molar refractivity (Wildman–Crippen MR) is 53.3 cm³/mol. The van der Waals surface area contributed by atoms with Crippen LogP contribution in [0.3, 0.4) is 0 Å². The fraction of sp³-hybridized carbons (Fsp3) is 0.900. The fourth-order valence-electron chi connectivity index (χ4n) is 1.69. The van der Waals surface area contributed by atoms with Gasteiger partial charge in [-0.1, -0.05) is 6.92 Å². The van der Waals surface area contributed by atoms with Crippen molar-refractivity contribution in [2.75, 3.05) is 13.1 Å². The molecule has 0 radical (unpaired) electrons. The zero-order valence-electron chi connectivity index (χ0n) is 8.46. The van der Waals surface area contributed by atoms with Gasteiger partial charge in [-0.25, -0.2) is 0 Å². The van der Waals surface area contributed by atoms with Gasteiger partial charge in [-0.05, 0) is 25.7 Å². The molecule has 3 nitrogen and oxygen atoms in total. The first-order chi connectivity index (χ1) is 6.24. The van der Waals surface area contributed by atoms with Gasteiger partial charge in [0.15, 0.2) is 0 Å². The van der Waals surface area contributed by atoms with Gasteiger partial charge in [0.05, 0.1) is 0 Å². The molecule has 0 aromatic carbocycles. The summed E-state index contributed by atoms with van der Waals surface area (Å²) in [5, 5.41) is 0. The molecular weight excluding hydrogens is 164 g/mol. The van der Waals surface area contributed by atoms with E-state index in [9.17, 15) is 4.79 Å². The molecule has 1 atom stereocenters. The summed E-state index contributed by atoms with van der Waals surface area (Å²) in [5.41, 5.74) is 5.79. The third kappa shape index (κ3) is 3.35. The third-order valence-corrected chi connectivity index (χ3v) is 2.70. The monoisotopic (exact) mass is 184 g/mol. The molecular formula is C10H20N2O. The highest BCUT2D eigenvalue weighted by Gasteiger charge is 2.19. The molecule has 1 fully saturated rings. The van der Waals surface area contributed by atoms with E-state index in [4.69, 9.17) is 5.73 Å². The lowest BCUT2D eigenvalue weighted by Gasteiger charge is -2.16. The molecule has 0 saturated carbocycles. The minimum atomic E-state index is 0.317. The van der Waals surface area contributed by atoms with Gasteiger partial charge in [0, 0.05) is 25.6 Å². The van der Waals surface area contributed by atoms with E-state index in [-0.39, 0.29) is 0 Å². The van der Waals surface area contributed by atoms with Crippen molar-refractivity contribution in [3.63, 3.8) is 0 Å². The Labute approximate surface area is 80.3 Å². The Morgan fingerprint density at radius 1 is 1.62 bits per heavy atom. The average molecular weight is 184 g/mol. The lowest BCUT2D eigenvalue weighted by atomic mass is 10.1. The smallest absolute Gasteiger partial charge is 0.222 e. The molecule has 1 aliphatic heterocycles. The van der Waals surface area contributed by atoms with Gasteiger partial charge in [0.25, 0.3) is 0 Å². The number of hydrogen-bond donors (Lipinski definition) is 1. The van der Waals surface area contributed by atoms with Crippen LogP contribution in [-0.2, 0) is 4.79 Å². The number of nitrogens with zero attached hydrogens (tertiary/aromatic N) is 1. The molecule has 13 heavy (non-hydrogen) atoms. The van der Waals surface area contributed by atoms with E-state index in [1.54, 1.807) is 0 Å². The van der Waals surface area contributed by atoms with Crippen molar-refractivity contribution in [3.8, 4) is 0 Å². The van der Waals surface area contributed by atoms with E-state index in [1.807, 2.05) is 4.90 Å². The molecule has 0 aromatic heterocycles. The summed E-state index contributed by atoms with van der Waals surface area (Å²) in [6, 6.07) is 0.317. The zero-order chi connectivity index (χ0) is 9.68. The lowest BCUT2D eigenvalue weighted by molar-refractivity contribution is -0.127. The number of amides is 1. The number of likely N-dealkylation sites (tertiary alicyclic amines) is 1. The Balaban J connectivity index is 2.08. The van der Waals surface area contributed by atoms with Crippen LogP contribution >= 0.6 is 0 Å². The maximum atomic E-state index is 11.2. The summed E-state index contributed by atoms with van der Waals surface area (Å²) in [4.78, 5) is 13.2. The zero-order valence-corrected chi connectivity index (χ0v) is 8.46. The van der Waals surface area contributed by atoms with E-state index in [2.05, 4.69) is 6.92 Å². The fourth-order valence-corrected chi connectivity index (χ4v) is 1.69. The Morgan fingerprint density at radius 3 is 2.92 bits per heavy atom. The molecule has 0 bridgehead atoms. The lowest BCUT2D eigenvalue weighted by Crippen LogP contribution is -2.27.